The van der Waals surface area contributed by atoms with Crippen molar-refractivity contribution in [3.05, 3.63) is 67.2 Å². The van der Waals surface area contributed by atoms with Crippen molar-refractivity contribution in [3.8, 4) is 0 Å². The number of hydrogen-bond donors (Lipinski definition) is 1. The Labute approximate surface area is 159 Å². The van der Waals surface area contributed by atoms with Crippen molar-refractivity contribution in [2.45, 2.75) is 13.8 Å². The molecule has 0 atom stereocenters. The molecule has 2 aromatic rings. The Bertz CT molecular complexity index is 899. The van der Waals surface area contributed by atoms with Gasteiger partial charge in [-0.1, -0.05) is 29.3 Å². The van der Waals surface area contributed by atoms with Crippen LogP contribution in [-0.4, -0.2) is 23.4 Å². The molecule has 26 heavy (non-hydrogen) atoms. The summed E-state index contributed by atoms with van der Waals surface area (Å²) in [4.78, 5) is 34.5. The third-order valence-electron chi connectivity index (χ3n) is 3.59. The van der Waals surface area contributed by atoms with Crippen molar-refractivity contribution in [1.82, 2.24) is 0 Å². The van der Waals surface area contributed by atoms with E-state index in [0.29, 0.717) is 0 Å². The third kappa shape index (κ3) is 4.50. The van der Waals surface area contributed by atoms with Crippen LogP contribution in [0, 0.1) is 24.0 Å². The maximum absolute atomic E-state index is 12.0. The number of halogens is 2. The van der Waals surface area contributed by atoms with Crippen LogP contribution in [0.4, 0.5) is 11.4 Å². The molecule has 9 heteroatoms. The minimum atomic E-state index is -0.831. The molecule has 0 unspecified atom stereocenters. The standard InChI is InChI=1S/C17H14Cl2N2O5/c1-9-6-13(14(21(24)25)7-10(9)2)20-15(22)8-26-17(23)11-4-3-5-12(18)16(11)19/h3-7H,8H2,1-2H3,(H,20,22). The Kier molecular flexibility index (Phi) is 6.18. The molecule has 0 aliphatic heterocycles. The first-order chi connectivity index (χ1) is 12.2. The summed E-state index contributed by atoms with van der Waals surface area (Å²) in [6.45, 7) is 2.85. The largest absolute Gasteiger partial charge is 0.452 e. The van der Waals surface area contributed by atoms with Crippen LogP contribution in [0.2, 0.25) is 10.0 Å². The highest BCUT2D eigenvalue weighted by Gasteiger charge is 2.19. The fraction of sp³-hybridized carbons (Fsp3) is 0.176. The van der Waals surface area contributed by atoms with Crippen LogP contribution in [0.5, 0.6) is 0 Å². The monoisotopic (exact) mass is 396 g/mol. The van der Waals surface area contributed by atoms with E-state index in [1.807, 2.05) is 0 Å². The minimum Gasteiger partial charge on any atom is -0.452 e. The summed E-state index contributed by atoms with van der Waals surface area (Å²) in [6.07, 6.45) is 0. The number of amides is 1. The predicted octanol–water partition coefficient (Wildman–Crippen LogP) is 4.31. The maximum Gasteiger partial charge on any atom is 0.340 e. The van der Waals surface area contributed by atoms with Crippen LogP contribution in [-0.2, 0) is 9.53 Å². The van der Waals surface area contributed by atoms with Gasteiger partial charge in [0.15, 0.2) is 6.61 Å². The van der Waals surface area contributed by atoms with E-state index in [4.69, 9.17) is 27.9 Å². The molecule has 1 amide bonds. The molecule has 0 saturated heterocycles. The number of aryl methyl sites for hydroxylation is 2. The number of nitro groups is 1. The average Bonchev–Trinajstić information content (AvgIpc) is 2.58. The Morgan fingerprint density at radius 1 is 1.19 bits per heavy atom. The Balaban J connectivity index is 2.08. The SMILES string of the molecule is Cc1cc(NC(=O)COC(=O)c2cccc(Cl)c2Cl)c([N+](=O)[O-])cc1C. The number of esters is 1. The van der Waals surface area contributed by atoms with Gasteiger partial charge in [-0.15, -0.1) is 0 Å². The first-order valence-corrected chi connectivity index (χ1v) is 8.13. The molecule has 136 valence electrons. The molecule has 0 fully saturated rings. The maximum atomic E-state index is 12.0. The zero-order chi connectivity index (χ0) is 19.4. The molecule has 0 aliphatic rings. The van der Waals surface area contributed by atoms with E-state index in [0.717, 1.165) is 11.1 Å². The van der Waals surface area contributed by atoms with Crippen LogP contribution in [0.3, 0.4) is 0 Å². The molecule has 2 aromatic carbocycles. The second-order valence-electron chi connectivity index (χ2n) is 5.44. The normalized spacial score (nSPS) is 10.3. The van der Waals surface area contributed by atoms with Crippen LogP contribution in [0.15, 0.2) is 30.3 Å². The van der Waals surface area contributed by atoms with Gasteiger partial charge in [-0.25, -0.2) is 4.79 Å². The lowest BCUT2D eigenvalue weighted by atomic mass is 10.1. The van der Waals surface area contributed by atoms with Gasteiger partial charge in [0.25, 0.3) is 11.6 Å². The van der Waals surface area contributed by atoms with Crippen molar-refractivity contribution in [1.29, 1.82) is 0 Å². The van der Waals surface area contributed by atoms with Crippen molar-refractivity contribution < 1.29 is 19.2 Å². The highest BCUT2D eigenvalue weighted by atomic mass is 35.5. The first-order valence-electron chi connectivity index (χ1n) is 7.37. The predicted molar refractivity (Wildman–Crippen MR) is 97.9 cm³/mol. The van der Waals surface area contributed by atoms with Crippen LogP contribution >= 0.6 is 23.2 Å². The molecule has 0 saturated carbocycles. The average molecular weight is 397 g/mol. The van der Waals surface area contributed by atoms with Crippen LogP contribution in [0.25, 0.3) is 0 Å². The number of benzene rings is 2. The second kappa shape index (κ2) is 8.16. The van der Waals surface area contributed by atoms with Crippen LogP contribution in [0.1, 0.15) is 21.5 Å². The van der Waals surface area contributed by atoms with Gasteiger partial charge in [0.1, 0.15) is 5.69 Å². The lowest BCUT2D eigenvalue weighted by Crippen LogP contribution is -2.21. The van der Waals surface area contributed by atoms with E-state index in [1.54, 1.807) is 13.8 Å². The molecular weight excluding hydrogens is 383 g/mol. The number of rotatable bonds is 5. The number of carbonyl (C=O) groups excluding carboxylic acids is 2. The number of nitrogens with zero attached hydrogens (tertiary/aromatic N) is 1. The Morgan fingerprint density at radius 3 is 2.50 bits per heavy atom. The number of hydrogen-bond acceptors (Lipinski definition) is 5. The van der Waals surface area contributed by atoms with E-state index in [-0.39, 0.29) is 27.0 Å². The van der Waals surface area contributed by atoms with E-state index >= 15 is 0 Å². The molecule has 0 radical (unpaired) electrons. The first kappa shape index (κ1) is 19.7. The molecule has 2 rings (SSSR count). The highest BCUT2D eigenvalue weighted by Crippen LogP contribution is 2.28. The van der Waals surface area contributed by atoms with Gasteiger partial charge in [-0.2, -0.15) is 0 Å². The van der Waals surface area contributed by atoms with Gasteiger partial charge in [0, 0.05) is 6.07 Å². The summed E-state index contributed by atoms with van der Waals surface area (Å²) in [7, 11) is 0. The third-order valence-corrected chi connectivity index (χ3v) is 4.41. The van der Waals surface area contributed by atoms with E-state index in [2.05, 4.69) is 5.32 Å². The van der Waals surface area contributed by atoms with E-state index < -0.39 is 23.4 Å². The van der Waals surface area contributed by atoms with E-state index in [1.165, 1.54) is 30.3 Å². The smallest absolute Gasteiger partial charge is 0.340 e. The molecule has 7 nitrogen and oxygen atoms in total. The fourth-order valence-corrected chi connectivity index (χ4v) is 2.49. The summed E-state index contributed by atoms with van der Waals surface area (Å²) >= 11 is 11.7. The summed E-state index contributed by atoms with van der Waals surface area (Å²) < 4.78 is 4.89. The topological polar surface area (TPSA) is 98.5 Å². The van der Waals surface area contributed by atoms with Crippen molar-refractivity contribution in [3.63, 3.8) is 0 Å². The van der Waals surface area contributed by atoms with Gasteiger partial charge in [0.05, 0.1) is 20.5 Å². The molecule has 0 spiro atoms. The number of nitro benzene ring substituents is 1. The molecule has 0 aromatic heterocycles. The lowest BCUT2D eigenvalue weighted by Gasteiger charge is -2.10. The number of nitrogens with one attached hydrogen (secondary N) is 1. The second-order valence-corrected chi connectivity index (χ2v) is 6.22. The lowest BCUT2D eigenvalue weighted by molar-refractivity contribution is -0.384. The van der Waals surface area contributed by atoms with E-state index in [9.17, 15) is 19.7 Å². The molecule has 0 bridgehead atoms. The van der Waals surface area contributed by atoms with Crippen molar-refractivity contribution in [2.24, 2.45) is 0 Å². The van der Waals surface area contributed by atoms with Gasteiger partial charge >= 0.3 is 5.97 Å². The molecule has 0 heterocycles. The Hall–Kier alpha value is -2.64. The number of ether oxygens (including phenoxy) is 1. The zero-order valence-corrected chi connectivity index (χ0v) is 15.4. The molecule has 0 aliphatic carbocycles. The molecular formula is C17H14Cl2N2O5. The Morgan fingerprint density at radius 2 is 1.85 bits per heavy atom. The minimum absolute atomic E-state index is 0.0177. The van der Waals surface area contributed by atoms with Crippen molar-refractivity contribution >= 4 is 46.5 Å². The number of anilines is 1. The molecule has 1 N–H and O–H groups in total. The van der Waals surface area contributed by atoms with Gasteiger partial charge < -0.3 is 10.1 Å². The zero-order valence-electron chi connectivity index (χ0n) is 13.8. The summed E-state index contributed by atoms with van der Waals surface area (Å²) in [5, 5.41) is 13.7. The van der Waals surface area contributed by atoms with Crippen LogP contribution < -0.4 is 5.32 Å². The van der Waals surface area contributed by atoms with Gasteiger partial charge in [-0.3, -0.25) is 14.9 Å². The van der Waals surface area contributed by atoms with Gasteiger partial charge in [0.2, 0.25) is 0 Å². The quantitative estimate of drug-likeness (QED) is 0.461. The van der Waals surface area contributed by atoms with Gasteiger partial charge in [-0.05, 0) is 43.2 Å². The van der Waals surface area contributed by atoms with Crippen molar-refractivity contribution in [2.75, 3.05) is 11.9 Å². The summed E-state index contributed by atoms with van der Waals surface area (Å²) in [6, 6.07) is 7.28. The summed E-state index contributed by atoms with van der Waals surface area (Å²) in [5.74, 6) is -1.55. The number of carbonyl (C=O) groups is 2. The fourth-order valence-electron chi connectivity index (χ4n) is 2.11. The highest BCUT2D eigenvalue weighted by molar-refractivity contribution is 6.43. The summed E-state index contributed by atoms with van der Waals surface area (Å²) in [5.41, 5.74) is 1.29.